The molecule has 0 bridgehead atoms. The van der Waals surface area contributed by atoms with Crippen LogP contribution >= 0.6 is 0 Å². The normalized spacial score (nSPS) is 10.9. The molecular weight excluding hydrogens is 298 g/mol. The maximum atomic E-state index is 4.59. The van der Waals surface area contributed by atoms with Gasteiger partial charge in [-0.05, 0) is 41.5 Å². The number of aromatic nitrogens is 4. The van der Waals surface area contributed by atoms with E-state index < -0.39 is 0 Å². The molecule has 4 aromatic heterocycles. The van der Waals surface area contributed by atoms with E-state index in [0.717, 1.165) is 29.0 Å². The van der Waals surface area contributed by atoms with E-state index in [1.807, 2.05) is 54.8 Å². The summed E-state index contributed by atoms with van der Waals surface area (Å²) in [6, 6.07) is 12.1. The zero-order valence-electron chi connectivity index (χ0n) is 13.3. The number of hydrogen-bond donors (Lipinski definition) is 1. The summed E-state index contributed by atoms with van der Waals surface area (Å²) in [6.45, 7) is 0. The van der Waals surface area contributed by atoms with Crippen LogP contribution in [0.15, 0.2) is 67.4 Å². The number of aromatic amines is 1. The standard InChI is InChI=1S/C19H17N5/c1-24(16-4-2-8-20-13-16)18-7-6-14(11-22-18)10-15-12-23-19-17(15)5-3-9-21-19/h2-9,11-13H,10H2,1H3,(H,21,23). The molecule has 0 unspecified atom stereocenters. The second-order valence-corrected chi connectivity index (χ2v) is 5.69. The first-order valence-corrected chi connectivity index (χ1v) is 7.81. The first-order valence-electron chi connectivity index (χ1n) is 7.81. The number of H-pyrrole nitrogens is 1. The Bertz CT molecular complexity index is 944. The fraction of sp³-hybridized carbons (Fsp3) is 0.105. The number of pyridine rings is 3. The van der Waals surface area contributed by atoms with Gasteiger partial charge in [0, 0.05) is 43.6 Å². The number of hydrogen-bond acceptors (Lipinski definition) is 4. The molecule has 4 heterocycles. The van der Waals surface area contributed by atoms with E-state index in [1.165, 1.54) is 11.1 Å². The number of nitrogens with one attached hydrogen (secondary N) is 1. The molecule has 0 amide bonds. The molecule has 0 aliphatic carbocycles. The monoisotopic (exact) mass is 315 g/mol. The van der Waals surface area contributed by atoms with Gasteiger partial charge in [0.25, 0.3) is 0 Å². The molecule has 4 aromatic rings. The average molecular weight is 315 g/mol. The summed E-state index contributed by atoms with van der Waals surface area (Å²) in [5, 5.41) is 1.16. The largest absolute Gasteiger partial charge is 0.346 e. The third-order valence-corrected chi connectivity index (χ3v) is 4.12. The van der Waals surface area contributed by atoms with E-state index in [1.54, 1.807) is 12.4 Å². The highest BCUT2D eigenvalue weighted by molar-refractivity contribution is 5.79. The molecule has 0 saturated carbocycles. The van der Waals surface area contributed by atoms with Gasteiger partial charge in [-0.2, -0.15) is 0 Å². The molecule has 0 aliphatic heterocycles. The summed E-state index contributed by atoms with van der Waals surface area (Å²) in [5.41, 5.74) is 4.34. The summed E-state index contributed by atoms with van der Waals surface area (Å²) in [4.78, 5) is 18.3. The molecule has 4 rings (SSSR count). The molecule has 24 heavy (non-hydrogen) atoms. The van der Waals surface area contributed by atoms with Crippen molar-refractivity contribution in [2.24, 2.45) is 0 Å². The Morgan fingerprint density at radius 2 is 1.92 bits per heavy atom. The Labute approximate surface area is 140 Å². The van der Waals surface area contributed by atoms with Crippen LogP contribution in [-0.4, -0.2) is 27.0 Å². The van der Waals surface area contributed by atoms with Crippen molar-refractivity contribution in [3.05, 3.63) is 78.5 Å². The van der Waals surface area contributed by atoms with Crippen LogP contribution in [0, 0.1) is 0 Å². The van der Waals surface area contributed by atoms with Crippen molar-refractivity contribution in [1.29, 1.82) is 0 Å². The van der Waals surface area contributed by atoms with Crippen LogP contribution in [0.1, 0.15) is 11.1 Å². The lowest BCUT2D eigenvalue weighted by molar-refractivity contribution is 1.08. The summed E-state index contributed by atoms with van der Waals surface area (Å²) < 4.78 is 0. The second kappa shape index (κ2) is 6.12. The minimum atomic E-state index is 0.829. The van der Waals surface area contributed by atoms with Gasteiger partial charge in [-0.25, -0.2) is 9.97 Å². The minimum Gasteiger partial charge on any atom is -0.346 e. The average Bonchev–Trinajstić information content (AvgIpc) is 3.06. The SMILES string of the molecule is CN(c1cccnc1)c1ccc(Cc2c[nH]c3ncccc23)cn1. The van der Waals surface area contributed by atoms with Crippen molar-refractivity contribution < 1.29 is 0 Å². The third-order valence-electron chi connectivity index (χ3n) is 4.12. The molecule has 118 valence electrons. The number of fused-ring (bicyclic) bond motifs is 1. The van der Waals surface area contributed by atoms with Gasteiger partial charge in [0.1, 0.15) is 11.5 Å². The lowest BCUT2D eigenvalue weighted by Crippen LogP contribution is -2.11. The molecular formula is C19H17N5. The van der Waals surface area contributed by atoms with Crippen molar-refractivity contribution in [1.82, 2.24) is 19.9 Å². The van der Waals surface area contributed by atoms with E-state index in [-0.39, 0.29) is 0 Å². The maximum Gasteiger partial charge on any atom is 0.137 e. The predicted octanol–water partition coefficient (Wildman–Crippen LogP) is 3.71. The van der Waals surface area contributed by atoms with Crippen LogP contribution in [-0.2, 0) is 6.42 Å². The molecule has 5 nitrogen and oxygen atoms in total. The van der Waals surface area contributed by atoms with Crippen molar-refractivity contribution in [3.8, 4) is 0 Å². The molecule has 0 fully saturated rings. The smallest absolute Gasteiger partial charge is 0.137 e. The van der Waals surface area contributed by atoms with Gasteiger partial charge in [-0.15, -0.1) is 0 Å². The van der Waals surface area contributed by atoms with Crippen molar-refractivity contribution in [3.63, 3.8) is 0 Å². The molecule has 0 aliphatic rings. The van der Waals surface area contributed by atoms with Crippen molar-refractivity contribution in [2.45, 2.75) is 6.42 Å². The Kier molecular flexibility index (Phi) is 3.67. The van der Waals surface area contributed by atoms with Crippen molar-refractivity contribution >= 4 is 22.5 Å². The lowest BCUT2D eigenvalue weighted by atomic mass is 10.1. The highest BCUT2D eigenvalue weighted by Gasteiger charge is 2.08. The van der Waals surface area contributed by atoms with Crippen LogP contribution < -0.4 is 4.90 Å². The third kappa shape index (κ3) is 2.72. The van der Waals surface area contributed by atoms with Gasteiger partial charge in [-0.3, -0.25) is 4.98 Å². The minimum absolute atomic E-state index is 0.829. The topological polar surface area (TPSA) is 57.7 Å². The van der Waals surface area contributed by atoms with Gasteiger partial charge in [0.2, 0.25) is 0 Å². The van der Waals surface area contributed by atoms with Crippen molar-refractivity contribution in [2.75, 3.05) is 11.9 Å². The van der Waals surface area contributed by atoms with E-state index in [0.29, 0.717) is 0 Å². The Hall–Kier alpha value is -3.21. The predicted molar refractivity (Wildman–Crippen MR) is 95.4 cm³/mol. The first kappa shape index (κ1) is 14.4. The van der Waals surface area contributed by atoms with Crippen LogP contribution in [0.2, 0.25) is 0 Å². The van der Waals surface area contributed by atoms with E-state index in [4.69, 9.17) is 0 Å². The fourth-order valence-electron chi connectivity index (χ4n) is 2.78. The van der Waals surface area contributed by atoms with Gasteiger partial charge >= 0.3 is 0 Å². The maximum absolute atomic E-state index is 4.59. The lowest BCUT2D eigenvalue weighted by Gasteiger charge is -2.17. The van der Waals surface area contributed by atoms with E-state index in [2.05, 4.69) is 32.1 Å². The quantitative estimate of drug-likeness (QED) is 0.623. The molecule has 0 spiro atoms. The zero-order chi connectivity index (χ0) is 16.4. The first-order chi connectivity index (χ1) is 11.8. The molecule has 1 N–H and O–H groups in total. The Morgan fingerprint density at radius 3 is 2.71 bits per heavy atom. The highest BCUT2D eigenvalue weighted by Crippen LogP contribution is 2.22. The zero-order valence-corrected chi connectivity index (χ0v) is 13.3. The van der Waals surface area contributed by atoms with Crippen LogP contribution in [0.25, 0.3) is 11.0 Å². The number of anilines is 2. The Morgan fingerprint density at radius 1 is 1.00 bits per heavy atom. The molecule has 0 saturated heterocycles. The summed E-state index contributed by atoms with van der Waals surface area (Å²) in [6.07, 6.45) is 10.2. The van der Waals surface area contributed by atoms with Gasteiger partial charge in [0.15, 0.2) is 0 Å². The van der Waals surface area contributed by atoms with Gasteiger partial charge < -0.3 is 9.88 Å². The van der Waals surface area contributed by atoms with Crippen LogP contribution in [0.3, 0.4) is 0 Å². The van der Waals surface area contributed by atoms with E-state index in [9.17, 15) is 0 Å². The van der Waals surface area contributed by atoms with Crippen LogP contribution in [0.5, 0.6) is 0 Å². The number of nitrogens with zero attached hydrogens (tertiary/aromatic N) is 4. The van der Waals surface area contributed by atoms with Crippen LogP contribution in [0.4, 0.5) is 11.5 Å². The summed E-state index contributed by atoms with van der Waals surface area (Å²) in [7, 11) is 1.99. The van der Waals surface area contributed by atoms with Gasteiger partial charge in [0.05, 0.1) is 11.9 Å². The molecule has 0 aromatic carbocycles. The summed E-state index contributed by atoms with van der Waals surface area (Å²) >= 11 is 0. The fourth-order valence-corrected chi connectivity index (χ4v) is 2.78. The Balaban J connectivity index is 1.56. The molecule has 5 heteroatoms. The highest BCUT2D eigenvalue weighted by atomic mass is 15.2. The second-order valence-electron chi connectivity index (χ2n) is 5.69. The summed E-state index contributed by atoms with van der Waals surface area (Å²) in [5.74, 6) is 0.896. The van der Waals surface area contributed by atoms with E-state index >= 15 is 0 Å². The van der Waals surface area contributed by atoms with Gasteiger partial charge in [-0.1, -0.05) is 6.07 Å². The molecule has 0 radical (unpaired) electrons. The molecule has 0 atom stereocenters. The number of rotatable bonds is 4.